The molecule has 2 aromatic carbocycles. The molecule has 134 valence electrons. The van der Waals surface area contributed by atoms with E-state index in [1.807, 2.05) is 37.3 Å². The van der Waals surface area contributed by atoms with Gasteiger partial charge in [-0.3, -0.25) is 0 Å². The number of hydrogen-bond acceptors (Lipinski definition) is 4. The molecule has 0 aliphatic rings. The molecule has 0 aliphatic heterocycles. The van der Waals surface area contributed by atoms with Crippen molar-refractivity contribution in [3.63, 3.8) is 0 Å². The van der Waals surface area contributed by atoms with Crippen molar-refractivity contribution in [2.45, 2.75) is 32.1 Å². The molecule has 2 aromatic rings. The van der Waals surface area contributed by atoms with E-state index in [1.165, 1.54) is 12.1 Å². The molecule has 0 saturated carbocycles. The Morgan fingerprint density at radius 3 is 2.28 bits per heavy atom. The Morgan fingerprint density at radius 2 is 1.72 bits per heavy atom. The number of nitrogens with one attached hydrogen (secondary N) is 1. The zero-order valence-electron chi connectivity index (χ0n) is 14.8. The van der Waals surface area contributed by atoms with E-state index in [2.05, 4.69) is 23.8 Å². The van der Waals surface area contributed by atoms with E-state index in [0.717, 1.165) is 5.56 Å². The maximum Gasteiger partial charge on any atom is 0.276 e. The van der Waals surface area contributed by atoms with Crippen LogP contribution in [0.5, 0.6) is 5.75 Å². The van der Waals surface area contributed by atoms with Gasteiger partial charge >= 0.3 is 0 Å². The highest BCUT2D eigenvalue weighted by Crippen LogP contribution is 2.16. The number of benzene rings is 2. The van der Waals surface area contributed by atoms with Crippen LogP contribution in [-0.4, -0.2) is 20.7 Å². The summed E-state index contributed by atoms with van der Waals surface area (Å²) in [6.45, 7) is 6.55. The van der Waals surface area contributed by atoms with Crippen molar-refractivity contribution in [2.75, 3.05) is 6.61 Å². The summed E-state index contributed by atoms with van der Waals surface area (Å²) in [7, 11) is -3.72. The highest BCUT2D eigenvalue weighted by molar-refractivity contribution is 7.89. The van der Waals surface area contributed by atoms with Crippen LogP contribution in [0.1, 0.15) is 32.8 Å². The molecule has 0 aromatic heterocycles. The van der Waals surface area contributed by atoms with Crippen molar-refractivity contribution < 1.29 is 13.2 Å². The fraction of sp³-hybridized carbons (Fsp3) is 0.316. The summed E-state index contributed by atoms with van der Waals surface area (Å²) in [6.07, 6.45) is 0.676. The van der Waals surface area contributed by atoms with E-state index < -0.39 is 10.0 Å². The van der Waals surface area contributed by atoms with Gasteiger partial charge in [0, 0.05) is 0 Å². The SMILES string of the molecule is CCOc1ccc(S(=O)(=O)N/N=C(/CC(C)C)c2ccccc2)cc1. The quantitative estimate of drug-likeness (QED) is 0.575. The van der Waals surface area contributed by atoms with Crippen LogP contribution in [0.3, 0.4) is 0 Å². The Kier molecular flexibility index (Phi) is 6.58. The average molecular weight is 360 g/mol. The lowest BCUT2D eigenvalue weighted by molar-refractivity contribution is 0.340. The lowest BCUT2D eigenvalue weighted by atomic mass is 10.0. The van der Waals surface area contributed by atoms with Gasteiger partial charge in [-0.1, -0.05) is 44.2 Å². The van der Waals surface area contributed by atoms with Gasteiger partial charge in [-0.25, -0.2) is 0 Å². The Morgan fingerprint density at radius 1 is 1.08 bits per heavy atom. The van der Waals surface area contributed by atoms with Gasteiger partial charge < -0.3 is 4.74 Å². The maximum atomic E-state index is 12.5. The van der Waals surface area contributed by atoms with Gasteiger partial charge in [0.05, 0.1) is 17.2 Å². The Labute approximate surface area is 149 Å². The van der Waals surface area contributed by atoms with Gasteiger partial charge in [-0.15, -0.1) is 0 Å². The largest absolute Gasteiger partial charge is 0.494 e. The summed E-state index contributed by atoms with van der Waals surface area (Å²) in [4.78, 5) is 2.50. The van der Waals surface area contributed by atoms with E-state index in [1.54, 1.807) is 12.1 Å². The molecule has 25 heavy (non-hydrogen) atoms. The fourth-order valence-electron chi connectivity index (χ4n) is 2.29. The number of ether oxygens (including phenoxy) is 1. The monoisotopic (exact) mass is 360 g/mol. The molecular formula is C19H24N2O3S. The first-order valence-electron chi connectivity index (χ1n) is 8.29. The Balaban J connectivity index is 2.22. The highest BCUT2D eigenvalue weighted by atomic mass is 32.2. The molecule has 0 atom stereocenters. The topological polar surface area (TPSA) is 67.8 Å². The van der Waals surface area contributed by atoms with Crippen LogP contribution in [0, 0.1) is 5.92 Å². The summed E-state index contributed by atoms with van der Waals surface area (Å²) >= 11 is 0. The first-order chi connectivity index (χ1) is 11.9. The molecule has 5 nitrogen and oxygen atoms in total. The molecule has 2 rings (SSSR count). The summed E-state index contributed by atoms with van der Waals surface area (Å²) in [5, 5.41) is 4.19. The van der Waals surface area contributed by atoms with Crippen molar-refractivity contribution >= 4 is 15.7 Å². The Bertz CT molecular complexity index is 798. The maximum absolute atomic E-state index is 12.5. The van der Waals surface area contributed by atoms with Crippen molar-refractivity contribution in [3.05, 3.63) is 60.2 Å². The summed E-state index contributed by atoms with van der Waals surface area (Å²) in [5.41, 5.74) is 1.62. The lowest BCUT2D eigenvalue weighted by Gasteiger charge is -2.11. The van der Waals surface area contributed by atoms with Crippen LogP contribution in [0.15, 0.2) is 64.6 Å². The van der Waals surface area contributed by atoms with Crippen molar-refractivity contribution in [1.29, 1.82) is 0 Å². The number of sulfonamides is 1. The van der Waals surface area contributed by atoms with Crippen molar-refractivity contribution in [2.24, 2.45) is 11.0 Å². The molecule has 0 aliphatic carbocycles. The number of nitrogens with zero attached hydrogens (tertiary/aromatic N) is 1. The van der Waals surface area contributed by atoms with Gasteiger partial charge in [-0.05, 0) is 49.1 Å². The first-order valence-corrected chi connectivity index (χ1v) is 9.77. The third-order valence-electron chi connectivity index (χ3n) is 3.45. The summed E-state index contributed by atoms with van der Waals surface area (Å²) in [6, 6.07) is 15.9. The van der Waals surface area contributed by atoms with Crippen LogP contribution >= 0.6 is 0 Å². The molecule has 0 spiro atoms. The second-order valence-electron chi connectivity index (χ2n) is 6.02. The van der Waals surface area contributed by atoms with Crippen molar-refractivity contribution in [3.8, 4) is 5.75 Å². The minimum absolute atomic E-state index is 0.150. The van der Waals surface area contributed by atoms with Crippen LogP contribution in [0.25, 0.3) is 0 Å². The molecule has 1 N–H and O–H groups in total. The molecule has 0 unspecified atom stereocenters. The van der Waals surface area contributed by atoms with E-state index in [9.17, 15) is 8.42 Å². The fourth-order valence-corrected chi connectivity index (χ4v) is 3.13. The molecule has 0 fully saturated rings. The van der Waals surface area contributed by atoms with Crippen molar-refractivity contribution in [1.82, 2.24) is 4.83 Å². The number of hydrogen-bond donors (Lipinski definition) is 1. The second kappa shape index (κ2) is 8.67. The Hall–Kier alpha value is -2.34. The van der Waals surface area contributed by atoms with Crippen LogP contribution < -0.4 is 9.57 Å². The van der Waals surface area contributed by atoms with Gasteiger partial charge in [0.15, 0.2) is 0 Å². The predicted octanol–water partition coefficient (Wildman–Crippen LogP) is 3.81. The third kappa shape index (κ3) is 5.60. The average Bonchev–Trinajstić information content (AvgIpc) is 2.60. The molecule has 0 bridgehead atoms. The molecule has 6 heteroatoms. The van der Waals surface area contributed by atoms with Gasteiger partial charge in [0.25, 0.3) is 10.0 Å². The summed E-state index contributed by atoms with van der Waals surface area (Å²) < 4.78 is 30.3. The highest BCUT2D eigenvalue weighted by Gasteiger charge is 2.14. The lowest BCUT2D eigenvalue weighted by Crippen LogP contribution is -2.21. The van der Waals surface area contributed by atoms with Crippen LogP contribution in [0.2, 0.25) is 0 Å². The smallest absolute Gasteiger partial charge is 0.276 e. The van der Waals surface area contributed by atoms with E-state index >= 15 is 0 Å². The normalized spacial score (nSPS) is 12.2. The van der Waals surface area contributed by atoms with Gasteiger partial charge in [0.2, 0.25) is 0 Å². The number of hydrazone groups is 1. The molecule has 0 heterocycles. The van der Waals surface area contributed by atoms with E-state index in [4.69, 9.17) is 4.74 Å². The molecular weight excluding hydrogens is 336 g/mol. The number of rotatable bonds is 8. The van der Waals surface area contributed by atoms with E-state index in [-0.39, 0.29) is 4.90 Å². The predicted molar refractivity (Wildman–Crippen MR) is 100 cm³/mol. The minimum Gasteiger partial charge on any atom is -0.494 e. The first kappa shape index (κ1) is 19.0. The molecule has 0 amide bonds. The van der Waals surface area contributed by atoms with Gasteiger partial charge in [0.1, 0.15) is 5.75 Å². The van der Waals surface area contributed by atoms with Gasteiger partial charge in [-0.2, -0.15) is 18.4 Å². The molecule has 0 saturated heterocycles. The second-order valence-corrected chi connectivity index (χ2v) is 7.68. The standard InChI is InChI=1S/C19H24N2O3S/c1-4-24-17-10-12-18(13-11-17)25(22,23)21-20-19(14-15(2)3)16-8-6-5-7-9-16/h5-13,15,21H,4,14H2,1-3H3/b20-19-. The molecule has 0 radical (unpaired) electrons. The third-order valence-corrected chi connectivity index (χ3v) is 4.68. The van der Waals surface area contributed by atoms with Crippen LogP contribution in [-0.2, 0) is 10.0 Å². The zero-order valence-corrected chi connectivity index (χ0v) is 15.6. The minimum atomic E-state index is -3.72. The zero-order chi connectivity index (χ0) is 18.3. The van der Waals surface area contributed by atoms with Crippen LogP contribution in [0.4, 0.5) is 0 Å². The summed E-state index contributed by atoms with van der Waals surface area (Å²) in [5.74, 6) is 0.990. The van der Waals surface area contributed by atoms with E-state index in [0.29, 0.717) is 30.4 Å².